The Hall–Kier alpha value is -1.39. The number of para-hydroxylation sites is 1. The van der Waals surface area contributed by atoms with Gasteiger partial charge in [0.25, 0.3) is 0 Å². The van der Waals surface area contributed by atoms with Crippen LogP contribution in [0.2, 0.25) is 0 Å². The minimum Gasteiger partial charge on any atom is -0.390 e. The van der Waals surface area contributed by atoms with Crippen LogP contribution in [0.25, 0.3) is 10.9 Å². The summed E-state index contributed by atoms with van der Waals surface area (Å²) in [5.74, 6) is 0.523. The van der Waals surface area contributed by atoms with Crippen LogP contribution < -0.4 is 0 Å². The van der Waals surface area contributed by atoms with Crippen LogP contribution in [0.15, 0.2) is 24.3 Å². The molecule has 1 N–H and O–H groups in total. The van der Waals surface area contributed by atoms with E-state index in [0.29, 0.717) is 12.3 Å². The average Bonchev–Trinajstić information content (AvgIpc) is 3.23. The fourth-order valence-electron chi connectivity index (χ4n) is 2.99. The van der Waals surface area contributed by atoms with E-state index >= 15 is 0 Å². The summed E-state index contributed by atoms with van der Waals surface area (Å²) in [6.45, 7) is 2.93. The van der Waals surface area contributed by atoms with Crippen LogP contribution >= 0.6 is 0 Å². The molecule has 0 saturated heterocycles. The lowest BCUT2D eigenvalue weighted by Gasteiger charge is -2.20. The number of ether oxygens (including phenoxy) is 1. The van der Waals surface area contributed by atoms with Crippen molar-refractivity contribution in [1.82, 2.24) is 9.78 Å². The molecule has 20 heavy (non-hydrogen) atoms. The van der Waals surface area contributed by atoms with Crippen molar-refractivity contribution in [3.05, 3.63) is 30.0 Å². The minimum absolute atomic E-state index is 0.0551. The van der Waals surface area contributed by atoms with Gasteiger partial charge in [-0.15, -0.1) is 0 Å². The molecule has 1 aliphatic carbocycles. The number of nitrogens with zero attached hydrogens (tertiary/aromatic N) is 2. The van der Waals surface area contributed by atoms with Gasteiger partial charge < -0.3 is 9.84 Å². The fraction of sp³-hybridized carbons (Fsp3) is 0.562. The van der Waals surface area contributed by atoms with Crippen LogP contribution in [0.3, 0.4) is 0 Å². The van der Waals surface area contributed by atoms with Crippen molar-refractivity contribution in [3.63, 3.8) is 0 Å². The molecule has 0 aliphatic heterocycles. The van der Waals surface area contributed by atoms with Gasteiger partial charge in [-0.05, 0) is 31.7 Å². The molecule has 1 aliphatic rings. The molecule has 3 rings (SSSR count). The van der Waals surface area contributed by atoms with Crippen molar-refractivity contribution in [3.8, 4) is 0 Å². The second kappa shape index (κ2) is 5.54. The first-order chi connectivity index (χ1) is 9.74. The van der Waals surface area contributed by atoms with Gasteiger partial charge in [-0.3, -0.25) is 4.68 Å². The van der Waals surface area contributed by atoms with Crippen molar-refractivity contribution >= 4 is 10.9 Å². The first kappa shape index (κ1) is 13.6. The molecule has 0 spiro atoms. The highest BCUT2D eigenvalue weighted by Crippen LogP contribution is 2.36. The number of rotatable bonds is 6. The molecule has 108 valence electrons. The highest BCUT2D eigenvalue weighted by molar-refractivity contribution is 5.82. The van der Waals surface area contributed by atoms with E-state index in [1.165, 1.54) is 12.8 Å². The number of aliphatic hydroxyl groups is 1. The Morgan fingerprint density at radius 3 is 2.80 bits per heavy atom. The third kappa shape index (κ3) is 2.45. The van der Waals surface area contributed by atoms with Gasteiger partial charge >= 0.3 is 0 Å². The Morgan fingerprint density at radius 2 is 2.15 bits per heavy atom. The number of methoxy groups -OCH3 is 1. The van der Waals surface area contributed by atoms with Crippen molar-refractivity contribution in [1.29, 1.82) is 0 Å². The molecule has 4 heteroatoms. The Bertz CT molecular complexity index is 589. The van der Waals surface area contributed by atoms with Crippen molar-refractivity contribution in [2.75, 3.05) is 7.11 Å². The number of benzene rings is 1. The van der Waals surface area contributed by atoms with Crippen LogP contribution in [-0.4, -0.2) is 34.2 Å². The molecule has 1 aromatic carbocycles. The van der Waals surface area contributed by atoms with Gasteiger partial charge in [0.1, 0.15) is 0 Å². The summed E-state index contributed by atoms with van der Waals surface area (Å²) in [6.07, 6.45) is 2.36. The van der Waals surface area contributed by atoms with E-state index in [1.54, 1.807) is 7.11 Å². The third-order valence-corrected chi connectivity index (χ3v) is 4.17. The number of aromatic nitrogens is 2. The lowest BCUT2D eigenvalue weighted by atomic mass is 10.0. The smallest absolute Gasteiger partial charge is 0.0862 e. The molecule has 1 fully saturated rings. The Kier molecular flexibility index (Phi) is 3.76. The molecule has 2 atom stereocenters. The van der Waals surface area contributed by atoms with E-state index in [9.17, 15) is 5.11 Å². The average molecular weight is 274 g/mol. The first-order valence-corrected chi connectivity index (χ1v) is 7.40. The highest BCUT2D eigenvalue weighted by atomic mass is 16.5. The normalized spacial score (nSPS) is 18.4. The molecule has 0 radical (unpaired) electrons. The van der Waals surface area contributed by atoms with Crippen LogP contribution in [0.1, 0.15) is 25.5 Å². The zero-order chi connectivity index (χ0) is 14.1. The predicted molar refractivity (Wildman–Crippen MR) is 78.6 cm³/mol. The SMILES string of the molecule is CCn1nc(CC(O)C(OC)C2CC2)c2ccccc21. The van der Waals surface area contributed by atoms with Gasteiger partial charge in [0.2, 0.25) is 0 Å². The predicted octanol–water partition coefficient (Wildman–Crippen LogP) is 2.38. The van der Waals surface area contributed by atoms with Gasteiger partial charge in [-0.2, -0.15) is 5.10 Å². The van der Waals surface area contributed by atoms with Crippen molar-refractivity contribution < 1.29 is 9.84 Å². The van der Waals surface area contributed by atoms with Gasteiger partial charge in [-0.25, -0.2) is 0 Å². The van der Waals surface area contributed by atoms with Crippen LogP contribution in [0.4, 0.5) is 0 Å². The maximum atomic E-state index is 10.4. The molecule has 1 heterocycles. The van der Waals surface area contributed by atoms with E-state index < -0.39 is 6.10 Å². The molecule has 1 saturated carbocycles. The number of hydrogen-bond donors (Lipinski definition) is 1. The maximum Gasteiger partial charge on any atom is 0.0862 e. The number of hydrogen-bond acceptors (Lipinski definition) is 3. The molecule has 4 nitrogen and oxygen atoms in total. The van der Waals surface area contributed by atoms with Crippen molar-refractivity contribution in [2.45, 2.75) is 44.9 Å². The third-order valence-electron chi connectivity index (χ3n) is 4.17. The van der Waals surface area contributed by atoms with E-state index in [2.05, 4.69) is 24.2 Å². The van der Waals surface area contributed by atoms with Gasteiger partial charge in [0.05, 0.1) is 23.4 Å². The lowest BCUT2D eigenvalue weighted by Crippen LogP contribution is -2.32. The zero-order valence-corrected chi connectivity index (χ0v) is 12.1. The van der Waals surface area contributed by atoms with Crippen LogP contribution in [0.5, 0.6) is 0 Å². The number of aryl methyl sites for hydroxylation is 1. The summed E-state index contributed by atoms with van der Waals surface area (Å²) in [5.41, 5.74) is 2.11. The Labute approximate surface area is 119 Å². The summed E-state index contributed by atoms with van der Waals surface area (Å²) in [5, 5.41) is 16.2. The maximum absolute atomic E-state index is 10.4. The van der Waals surface area contributed by atoms with E-state index in [0.717, 1.165) is 23.1 Å². The summed E-state index contributed by atoms with van der Waals surface area (Å²) >= 11 is 0. The molecule has 1 aromatic heterocycles. The molecule has 2 aromatic rings. The quantitative estimate of drug-likeness (QED) is 0.880. The van der Waals surface area contributed by atoms with Crippen LogP contribution in [0, 0.1) is 5.92 Å². The topological polar surface area (TPSA) is 47.3 Å². The van der Waals surface area contributed by atoms with Gasteiger partial charge in [0, 0.05) is 25.5 Å². The summed E-state index contributed by atoms with van der Waals surface area (Å²) in [6, 6.07) is 8.21. The summed E-state index contributed by atoms with van der Waals surface area (Å²) in [7, 11) is 1.69. The standard InChI is InChI=1S/C16H22N2O2/c1-3-18-14-7-5-4-6-12(14)13(17-18)10-15(19)16(20-2)11-8-9-11/h4-7,11,15-16,19H,3,8-10H2,1-2H3. The fourth-order valence-corrected chi connectivity index (χ4v) is 2.99. The summed E-state index contributed by atoms with van der Waals surface area (Å²) < 4.78 is 7.47. The summed E-state index contributed by atoms with van der Waals surface area (Å²) in [4.78, 5) is 0. The number of aliphatic hydroxyl groups excluding tert-OH is 1. The molecular weight excluding hydrogens is 252 g/mol. The first-order valence-electron chi connectivity index (χ1n) is 7.40. The minimum atomic E-state index is -0.476. The monoisotopic (exact) mass is 274 g/mol. The molecule has 0 bridgehead atoms. The lowest BCUT2D eigenvalue weighted by molar-refractivity contribution is -0.0241. The van der Waals surface area contributed by atoms with E-state index in [4.69, 9.17) is 4.74 Å². The molecule has 0 amide bonds. The second-order valence-corrected chi connectivity index (χ2v) is 5.59. The molecular formula is C16H22N2O2. The van der Waals surface area contributed by atoms with E-state index in [-0.39, 0.29) is 6.10 Å². The van der Waals surface area contributed by atoms with Gasteiger partial charge in [0.15, 0.2) is 0 Å². The Morgan fingerprint density at radius 1 is 1.40 bits per heavy atom. The number of fused-ring (bicyclic) bond motifs is 1. The van der Waals surface area contributed by atoms with Gasteiger partial charge in [-0.1, -0.05) is 18.2 Å². The van der Waals surface area contributed by atoms with Crippen LogP contribution in [-0.2, 0) is 17.7 Å². The highest BCUT2D eigenvalue weighted by Gasteiger charge is 2.36. The molecule has 2 unspecified atom stereocenters. The van der Waals surface area contributed by atoms with E-state index in [1.807, 2.05) is 16.8 Å². The second-order valence-electron chi connectivity index (χ2n) is 5.59. The Balaban J connectivity index is 1.86. The largest absolute Gasteiger partial charge is 0.390 e. The van der Waals surface area contributed by atoms with Crippen molar-refractivity contribution in [2.24, 2.45) is 5.92 Å². The zero-order valence-electron chi connectivity index (χ0n) is 12.1.